The Labute approximate surface area is 158 Å². The summed E-state index contributed by atoms with van der Waals surface area (Å²) in [5.74, 6) is 2.59. The summed E-state index contributed by atoms with van der Waals surface area (Å²) in [5.41, 5.74) is 7.94. The number of hydrogen-bond donors (Lipinski definition) is 2. The smallest absolute Gasteiger partial charge is 0.122 e. The molecule has 1 saturated carbocycles. The highest BCUT2D eigenvalue weighted by Gasteiger charge is 2.41. The molecule has 2 N–H and O–H groups in total. The summed E-state index contributed by atoms with van der Waals surface area (Å²) in [4.78, 5) is 2.63. The fourth-order valence-electron chi connectivity index (χ4n) is 4.69. The van der Waals surface area contributed by atoms with Crippen molar-refractivity contribution >= 4 is 11.8 Å². The zero-order valence-electron chi connectivity index (χ0n) is 16.3. The van der Waals surface area contributed by atoms with Crippen LogP contribution in [0.3, 0.4) is 0 Å². The largest absolute Gasteiger partial charge is 0.377 e. The predicted molar refractivity (Wildman–Crippen MR) is 107 cm³/mol. The van der Waals surface area contributed by atoms with E-state index in [4.69, 9.17) is 4.74 Å². The normalized spacial score (nSPS) is 37.5. The van der Waals surface area contributed by atoms with Crippen LogP contribution < -0.4 is 10.9 Å². The number of thioether (sulfide) groups is 1. The quantitative estimate of drug-likeness (QED) is 0.695. The molecule has 0 aromatic rings. The van der Waals surface area contributed by atoms with Gasteiger partial charge in [-0.2, -0.15) is 0 Å². The molecule has 2 heterocycles. The van der Waals surface area contributed by atoms with Crippen molar-refractivity contribution in [2.45, 2.75) is 77.1 Å². The van der Waals surface area contributed by atoms with Gasteiger partial charge in [0, 0.05) is 18.9 Å². The average molecular weight is 368 g/mol. The van der Waals surface area contributed by atoms with Gasteiger partial charge in [0.15, 0.2) is 0 Å². The van der Waals surface area contributed by atoms with Gasteiger partial charge in [0.1, 0.15) is 5.50 Å². The topological polar surface area (TPSA) is 36.5 Å². The summed E-state index contributed by atoms with van der Waals surface area (Å²) < 4.78 is 5.94. The number of ether oxygens (including phenoxy) is 1. The molecule has 1 aliphatic carbocycles. The molecule has 2 saturated heterocycles. The highest BCUT2D eigenvalue weighted by Crippen LogP contribution is 2.42. The molecule has 0 spiro atoms. The zero-order chi connectivity index (χ0) is 17.9. The van der Waals surface area contributed by atoms with Crippen molar-refractivity contribution in [3.63, 3.8) is 0 Å². The van der Waals surface area contributed by atoms with Gasteiger partial charge in [-0.05, 0) is 55.8 Å². The Kier molecular flexibility index (Phi) is 6.89. The van der Waals surface area contributed by atoms with E-state index in [1.807, 2.05) is 17.8 Å². The van der Waals surface area contributed by atoms with Gasteiger partial charge in [-0.25, -0.2) is 10.9 Å². The molecule has 0 bridgehead atoms. The lowest BCUT2D eigenvalue weighted by Crippen LogP contribution is -2.48. The molecule has 4 nitrogen and oxygen atoms in total. The van der Waals surface area contributed by atoms with Crippen LogP contribution in [0.25, 0.3) is 0 Å². The first kappa shape index (κ1) is 19.7. The predicted octanol–water partition coefficient (Wildman–Crippen LogP) is 3.96. The Balaban J connectivity index is 1.61. The maximum atomic E-state index is 5.94. The highest BCUT2D eigenvalue weighted by molar-refractivity contribution is 7.99. The molecule has 0 amide bonds. The van der Waals surface area contributed by atoms with E-state index in [2.05, 4.69) is 43.1 Å². The van der Waals surface area contributed by atoms with Crippen molar-refractivity contribution < 1.29 is 4.74 Å². The van der Waals surface area contributed by atoms with Gasteiger partial charge in [0.25, 0.3) is 0 Å². The van der Waals surface area contributed by atoms with Crippen LogP contribution in [-0.4, -0.2) is 41.6 Å². The van der Waals surface area contributed by atoms with Crippen LogP contribution in [0.5, 0.6) is 0 Å². The lowest BCUT2D eigenvalue weighted by Gasteiger charge is -2.41. The van der Waals surface area contributed by atoms with Crippen molar-refractivity contribution in [1.82, 2.24) is 15.8 Å². The number of nitrogens with one attached hydrogen (secondary N) is 2. The van der Waals surface area contributed by atoms with Crippen molar-refractivity contribution in [2.24, 2.45) is 17.3 Å². The fourth-order valence-corrected chi connectivity index (χ4v) is 5.57. The second-order valence-electron chi connectivity index (χ2n) is 9.02. The van der Waals surface area contributed by atoms with Crippen LogP contribution in [0.1, 0.15) is 59.3 Å². The molecule has 3 rings (SSSR count). The third-order valence-corrected chi connectivity index (χ3v) is 7.40. The molecule has 0 aromatic carbocycles. The average Bonchev–Trinajstić information content (AvgIpc) is 3.23. The molecule has 0 radical (unpaired) electrons. The van der Waals surface area contributed by atoms with E-state index in [9.17, 15) is 0 Å². The lowest BCUT2D eigenvalue weighted by atomic mass is 9.69. The monoisotopic (exact) mass is 367 g/mol. The number of hydrogen-bond acceptors (Lipinski definition) is 5. The SMILES string of the molecule is C=CCSC1NNC(C2CCC(C(C)(C)C)CC2)N1CC1CCCO1. The number of nitrogens with zero attached hydrogens (tertiary/aromatic N) is 1. The van der Waals surface area contributed by atoms with E-state index < -0.39 is 0 Å². The molecule has 2 aliphatic heterocycles. The minimum Gasteiger partial charge on any atom is -0.377 e. The van der Waals surface area contributed by atoms with Crippen molar-refractivity contribution in [3.05, 3.63) is 12.7 Å². The van der Waals surface area contributed by atoms with E-state index in [1.54, 1.807) is 0 Å². The van der Waals surface area contributed by atoms with Gasteiger partial charge in [-0.15, -0.1) is 18.3 Å². The Morgan fingerprint density at radius 1 is 1.16 bits per heavy atom. The summed E-state index contributed by atoms with van der Waals surface area (Å²) in [6.07, 6.45) is 10.7. The Morgan fingerprint density at radius 3 is 2.52 bits per heavy atom. The maximum absolute atomic E-state index is 5.94. The standard InChI is InChI=1S/C20H37N3OS/c1-5-13-25-19-22-21-18(23(19)14-17-7-6-12-24-17)15-8-10-16(11-9-15)20(2,3)4/h5,15-19,21-22H,1,6-14H2,2-4H3. The zero-order valence-corrected chi connectivity index (χ0v) is 17.1. The van der Waals surface area contributed by atoms with Gasteiger partial charge in [-0.1, -0.05) is 26.8 Å². The van der Waals surface area contributed by atoms with Gasteiger partial charge in [-0.3, -0.25) is 4.90 Å². The molecule has 3 atom stereocenters. The molecule has 0 aromatic heterocycles. The van der Waals surface area contributed by atoms with Crippen LogP contribution in [0.4, 0.5) is 0 Å². The molecule has 5 heteroatoms. The molecule has 3 aliphatic rings. The van der Waals surface area contributed by atoms with Crippen molar-refractivity contribution in [1.29, 1.82) is 0 Å². The minimum atomic E-state index is 0.326. The molecular formula is C20H37N3OS. The maximum Gasteiger partial charge on any atom is 0.122 e. The van der Waals surface area contributed by atoms with Crippen LogP contribution in [0.15, 0.2) is 12.7 Å². The Bertz CT molecular complexity index is 425. The van der Waals surface area contributed by atoms with E-state index in [0.717, 1.165) is 30.7 Å². The van der Waals surface area contributed by atoms with Crippen LogP contribution >= 0.6 is 11.8 Å². The van der Waals surface area contributed by atoms with Gasteiger partial charge >= 0.3 is 0 Å². The van der Waals surface area contributed by atoms with Crippen molar-refractivity contribution in [3.8, 4) is 0 Å². The molecular weight excluding hydrogens is 330 g/mol. The van der Waals surface area contributed by atoms with Gasteiger partial charge < -0.3 is 4.74 Å². The van der Waals surface area contributed by atoms with Crippen LogP contribution in [-0.2, 0) is 4.74 Å². The Morgan fingerprint density at radius 2 is 1.92 bits per heavy atom. The Hall–Kier alpha value is -0.0700. The van der Waals surface area contributed by atoms with Gasteiger partial charge in [0.2, 0.25) is 0 Å². The minimum absolute atomic E-state index is 0.326. The number of rotatable bonds is 6. The van der Waals surface area contributed by atoms with Crippen LogP contribution in [0, 0.1) is 17.3 Å². The van der Waals surface area contributed by atoms with E-state index in [0.29, 0.717) is 23.2 Å². The third kappa shape index (κ3) is 5.01. The second-order valence-corrected chi connectivity index (χ2v) is 10.1. The van der Waals surface area contributed by atoms with E-state index in [-0.39, 0.29) is 0 Å². The number of hydrazine groups is 1. The van der Waals surface area contributed by atoms with Gasteiger partial charge in [0.05, 0.1) is 12.3 Å². The molecule has 3 unspecified atom stereocenters. The molecule has 144 valence electrons. The van der Waals surface area contributed by atoms with Crippen molar-refractivity contribution in [2.75, 3.05) is 18.9 Å². The summed E-state index contributed by atoms with van der Waals surface area (Å²) >= 11 is 1.93. The summed E-state index contributed by atoms with van der Waals surface area (Å²) in [6.45, 7) is 13.1. The summed E-state index contributed by atoms with van der Waals surface area (Å²) in [6, 6.07) is 0. The third-order valence-electron chi connectivity index (χ3n) is 6.27. The van der Waals surface area contributed by atoms with Crippen LogP contribution in [0.2, 0.25) is 0 Å². The highest BCUT2D eigenvalue weighted by atomic mass is 32.2. The summed E-state index contributed by atoms with van der Waals surface area (Å²) in [7, 11) is 0. The fraction of sp³-hybridized carbons (Fsp3) is 0.900. The first-order valence-corrected chi connectivity index (χ1v) is 11.1. The van der Waals surface area contributed by atoms with E-state index in [1.165, 1.54) is 38.5 Å². The second kappa shape index (κ2) is 8.75. The molecule has 25 heavy (non-hydrogen) atoms. The first-order chi connectivity index (χ1) is 12.0. The van der Waals surface area contributed by atoms with E-state index >= 15 is 0 Å². The first-order valence-electron chi connectivity index (χ1n) is 10.1. The summed E-state index contributed by atoms with van der Waals surface area (Å²) in [5, 5.41) is 0. The lowest BCUT2D eigenvalue weighted by molar-refractivity contribution is 0.0374. The molecule has 3 fully saturated rings.